The van der Waals surface area contributed by atoms with Gasteiger partial charge in [-0.15, -0.1) is 12.4 Å². The van der Waals surface area contributed by atoms with Gasteiger partial charge in [-0.05, 0) is 26.1 Å². The van der Waals surface area contributed by atoms with Gasteiger partial charge in [-0.3, -0.25) is 4.79 Å². The van der Waals surface area contributed by atoms with Crippen LogP contribution in [0.5, 0.6) is 0 Å². The zero-order valence-electron chi connectivity index (χ0n) is 9.59. The molecule has 0 saturated heterocycles. The minimum Gasteiger partial charge on any atom is -0.350 e. The molecule has 0 aliphatic carbocycles. The van der Waals surface area contributed by atoms with E-state index in [9.17, 15) is 9.18 Å². The smallest absolute Gasteiger partial charge is 0.254 e. The van der Waals surface area contributed by atoms with Crippen LogP contribution in [0.4, 0.5) is 4.39 Å². The summed E-state index contributed by atoms with van der Waals surface area (Å²) in [6.45, 7) is 2.34. The molecule has 1 aromatic rings. The van der Waals surface area contributed by atoms with Crippen LogP contribution in [0, 0.1) is 5.82 Å². The van der Waals surface area contributed by atoms with E-state index in [0.717, 1.165) is 0 Å². The topological polar surface area (TPSA) is 41.1 Å². The van der Waals surface area contributed by atoms with Crippen molar-refractivity contribution in [3.05, 3.63) is 34.6 Å². The van der Waals surface area contributed by atoms with Crippen molar-refractivity contribution in [3.8, 4) is 0 Å². The van der Waals surface area contributed by atoms with Crippen LogP contribution >= 0.6 is 24.0 Å². The minimum atomic E-state index is -0.682. The fourth-order valence-electron chi connectivity index (χ4n) is 1.12. The Morgan fingerprint density at radius 2 is 2.18 bits per heavy atom. The number of carbonyl (C=O) groups excluding carboxylic acids is 1. The summed E-state index contributed by atoms with van der Waals surface area (Å²) >= 11 is 5.58. The molecule has 0 aliphatic heterocycles. The predicted octanol–water partition coefficient (Wildman–Crippen LogP) is 2.24. The van der Waals surface area contributed by atoms with Crippen LogP contribution in [0.25, 0.3) is 0 Å². The molecule has 0 fully saturated rings. The summed E-state index contributed by atoms with van der Waals surface area (Å²) in [4.78, 5) is 11.6. The molecule has 0 heterocycles. The van der Waals surface area contributed by atoms with E-state index >= 15 is 0 Å². The predicted molar refractivity (Wildman–Crippen MR) is 69.5 cm³/mol. The van der Waals surface area contributed by atoms with E-state index in [1.165, 1.54) is 12.1 Å². The first-order chi connectivity index (χ1) is 7.56. The number of hydrogen-bond donors (Lipinski definition) is 2. The fourth-order valence-corrected chi connectivity index (χ4v) is 1.30. The normalized spacial score (nSPS) is 11.5. The van der Waals surface area contributed by atoms with Crippen LogP contribution in [0.3, 0.4) is 0 Å². The summed E-state index contributed by atoms with van der Waals surface area (Å²) < 4.78 is 13.5. The number of halogens is 3. The molecule has 0 spiro atoms. The van der Waals surface area contributed by atoms with Crippen LogP contribution in [0.2, 0.25) is 5.02 Å². The molecule has 3 nitrogen and oxygen atoms in total. The molecule has 1 atom stereocenters. The Labute approximate surface area is 111 Å². The summed E-state index contributed by atoms with van der Waals surface area (Å²) in [7, 11) is 1.79. The van der Waals surface area contributed by atoms with Crippen molar-refractivity contribution in [2.75, 3.05) is 13.6 Å². The van der Waals surface area contributed by atoms with Gasteiger partial charge in [-0.2, -0.15) is 0 Å². The van der Waals surface area contributed by atoms with Crippen molar-refractivity contribution in [3.63, 3.8) is 0 Å². The molecular formula is C11H15Cl2FN2O. The van der Waals surface area contributed by atoms with Crippen LogP contribution in [0.1, 0.15) is 17.3 Å². The second-order valence-corrected chi connectivity index (χ2v) is 3.91. The Bertz CT molecular complexity index is 388. The highest BCUT2D eigenvalue weighted by molar-refractivity contribution is 6.31. The summed E-state index contributed by atoms with van der Waals surface area (Å²) in [5.74, 6) is -1.14. The van der Waals surface area contributed by atoms with E-state index in [1.807, 2.05) is 6.92 Å². The standard InChI is InChI=1S/C11H14ClFN2O.ClH/c1-7(14-2)6-15-11(16)8-4-3-5-9(12)10(8)13;/h3-5,7,14H,6H2,1-2H3,(H,15,16);1H. The highest BCUT2D eigenvalue weighted by atomic mass is 35.5. The first kappa shape index (κ1) is 16.2. The van der Waals surface area contributed by atoms with E-state index in [-0.39, 0.29) is 29.0 Å². The molecule has 0 aliphatic rings. The van der Waals surface area contributed by atoms with Crippen molar-refractivity contribution in [1.82, 2.24) is 10.6 Å². The Hall–Kier alpha value is -0.840. The summed E-state index contributed by atoms with van der Waals surface area (Å²) in [6, 6.07) is 4.48. The van der Waals surface area contributed by atoms with E-state index in [2.05, 4.69) is 10.6 Å². The molecule has 6 heteroatoms. The van der Waals surface area contributed by atoms with Crippen molar-refractivity contribution in [2.24, 2.45) is 0 Å². The minimum absolute atomic E-state index is 0. The summed E-state index contributed by atoms with van der Waals surface area (Å²) in [6.07, 6.45) is 0. The zero-order valence-corrected chi connectivity index (χ0v) is 11.2. The highest BCUT2D eigenvalue weighted by Gasteiger charge is 2.13. The van der Waals surface area contributed by atoms with Gasteiger partial charge in [-0.25, -0.2) is 4.39 Å². The quantitative estimate of drug-likeness (QED) is 0.888. The van der Waals surface area contributed by atoms with Crippen LogP contribution < -0.4 is 10.6 Å². The average molecular weight is 281 g/mol. The maximum Gasteiger partial charge on any atom is 0.254 e. The third-order valence-corrected chi connectivity index (χ3v) is 2.55. The third-order valence-electron chi connectivity index (χ3n) is 2.26. The van der Waals surface area contributed by atoms with Gasteiger partial charge in [-0.1, -0.05) is 17.7 Å². The van der Waals surface area contributed by atoms with E-state index in [1.54, 1.807) is 13.1 Å². The maximum absolute atomic E-state index is 13.5. The number of carbonyl (C=O) groups is 1. The average Bonchev–Trinajstić information content (AvgIpc) is 2.29. The first-order valence-electron chi connectivity index (χ1n) is 4.95. The number of nitrogens with one attached hydrogen (secondary N) is 2. The number of rotatable bonds is 4. The Morgan fingerprint density at radius 1 is 1.53 bits per heavy atom. The van der Waals surface area contributed by atoms with Gasteiger partial charge in [0.2, 0.25) is 0 Å². The number of amides is 1. The second kappa shape index (κ2) is 7.48. The third kappa shape index (κ3) is 4.50. The Kier molecular flexibility index (Phi) is 7.11. The van der Waals surface area contributed by atoms with Gasteiger partial charge >= 0.3 is 0 Å². The summed E-state index contributed by atoms with van der Waals surface area (Å²) in [5.41, 5.74) is -0.0317. The van der Waals surface area contributed by atoms with Crippen molar-refractivity contribution < 1.29 is 9.18 Å². The van der Waals surface area contributed by atoms with Crippen molar-refractivity contribution >= 4 is 29.9 Å². The van der Waals surface area contributed by atoms with E-state index in [4.69, 9.17) is 11.6 Å². The van der Waals surface area contributed by atoms with Crippen LogP contribution in [0.15, 0.2) is 18.2 Å². The summed E-state index contributed by atoms with van der Waals surface area (Å²) in [5, 5.41) is 5.53. The van der Waals surface area contributed by atoms with Gasteiger partial charge in [0.25, 0.3) is 5.91 Å². The lowest BCUT2D eigenvalue weighted by Gasteiger charge is -2.11. The number of benzene rings is 1. The largest absolute Gasteiger partial charge is 0.350 e. The van der Waals surface area contributed by atoms with E-state index < -0.39 is 11.7 Å². The van der Waals surface area contributed by atoms with Crippen LogP contribution in [-0.4, -0.2) is 25.5 Å². The lowest BCUT2D eigenvalue weighted by atomic mass is 10.2. The maximum atomic E-state index is 13.5. The first-order valence-corrected chi connectivity index (χ1v) is 5.33. The number of likely N-dealkylation sites (N-methyl/N-ethyl adjacent to an activating group) is 1. The van der Waals surface area contributed by atoms with Crippen molar-refractivity contribution in [2.45, 2.75) is 13.0 Å². The molecule has 2 N–H and O–H groups in total. The molecule has 1 rings (SSSR count). The van der Waals surface area contributed by atoms with Gasteiger partial charge < -0.3 is 10.6 Å². The zero-order chi connectivity index (χ0) is 12.1. The Balaban J connectivity index is 0.00000256. The van der Waals surface area contributed by atoms with Gasteiger partial charge in [0.15, 0.2) is 5.82 Å². The lowest BCUT2D eigenvalue weighted by molar-refractivity contribution is 0.0946. The number of hydrogen-bond acceptors (Lipinski definition) is 2. The highest BCUT2D eigenvalue weighted by Crippen LogP contribution is 2.17. The molecule has 1 unspecified atom stereocenters. The SMILES string of the molecule is CNC(C)CNC(=O)c1cccc(Cl)c1F.Cl. The molecule has 0 bridgehead atoms. The van der Waals surface area contributed by atoms with Gasteiger partial charge in [0.1, 0.15) is 0 Å². The monoisotopic (exact) mass is 280 g/mol. The molecular weight excluding hydrogens is 266 g/mol. The van der Waals surface area contributed by atoms with Crippen molar-refractivity contribution in [1.29, 1.82) is 0 Å². The Morgan fingerprint density at radius 3 is 2.76 bits per heavy atom. The molecule has 0 radical (unpaired) electrons. The second-order valence-electron chi connectivity index (χ2n) is 3.50. The molecule has 96 valence electrons. The van der Waals surface area contributed by atoms with E-state index in [0.29, 0.717) is 6.54 Å². The lowest BCUT2D eigenvalue weighted by Crippen LogP contribution is -2.37. The molecule has 17 heavy (non-hydrogen) atoms. The van der Waals surface area contributed by atoms with Gasteiger partial charge in [0.05, 0.1) is 10.6 Å². The van der Waals surface area contributed by atoms with Gasteiger partial charge in [0, 0.05) is 12.6 Å². The molecule has 0 saturated carbocycles. The molecule has 0 aromatic heterocycles. The van der Waals surface area contributed by atoms with Crippen LogP contribution in [-0.2, 0) is 0 Å². The fraction of sp³-hybridized carbons (Fsp3) is 0.364. The molecule has 1 aromatic carbocycles. The molecule has 1 amide bonds.